The Labute approximate surface area is 147 Å². The van der Waals surface area contributed by atoms with Crippen molar-refractivity contribution in [1.82, 2.24) is 9.88 Å². The van der Waals surface area contributed by atoms with Gasteiger partial charge in [0.2, 0.25) is 5.91 Å². The first-order valence-corrected chi connectivity index (χ1v) is 8.29. The fraction of sp³-hybridized carbons (Fsp3) is 0.238. The Kier molecular flexibility index (Phi) is 4.79. The van der Waals surface area contributed by atoms with Gasteiger partial charge in [0.05, 0.1) is 11.9 Å². The molecule has 0 aliphatic rings. The van der Waals surface area contributed by atoms with E-state index in [1.807, 2.05) is 38.1 Å². The molecule has 3 aromatic rings. The molecule has 0 saturated carbocycles. The van der Waals surface area contributed by atoms with E-state index < -0.39 is 0 Å². The van der Waals surface area contributed by atoms with Gasteiger partial charge in [-0.15, -0.1) is 0 Å². The van der Waals surface area contributed by atoms with Gasteiger partial charge in [-0.3, -0.25) is 9.78 Å². The first-order chi connectivity index (χ1) is 12.0. The van der Waals surface area contributed by atoms with Crippen LogP contribution in [0.5, 0.6) is 0 Å². The topological polar surface area (TPSA) is 33.2 Å². The summed E-state index contributed by atoms with van der Waals surface area (Å²) in [7, 11) is 1.77. The maximum Gasteiger partial charge on any atom is 0.227 e. The van der Waals surface area contributed by atoms with Crippen molar-refractivity contribution in [2.75, 3.05) is 7.05 Å². The van der Waals surface area contributed by atoms with Gasteiger partial charge in [-0.25, -0.2) is 4.39 Å². The average molecular weight is 336 g/mol. The Morgan fingerprint density at radius 1 is 1.08 bits per heavy atom. The van der Waals surface area contributed by atoms with E-state index in [1.54, 1.807) is 24.1 Å². The molecule has 3 rings (SSSR count). The van der Waals surface area contributed by atoms with Crippen LogP contribution in [0.15, 0.2) is 48.5 Å². The minimum atomic E-state index is -0.272. The second-order valence-corrected chi connectivity index (χ2v) is 6.37. The molecular formula is C21H21FN2O. The highest BCUT2D eigenvalue weighted by atomic mass is 19.1. The highest BCUT2D eigenvalue weighted by molar-refractivity contribution is 5.86. The monoisotopic (exact) mass is 336 g/mol. The molecule has 3 nitrogen and oxygen atoms in total. The molecule has 0 saturated heterocycles. The normalized spacial score (nSPS) is 10.9. The van der Waals surface area contributed by atoms with Crippen LogP contribution in [0, 0.1) is 19.7 Å². The first kappa shape index (κ1) is 17.1. The molecule has 0 unspecified atom stereocenters. The summed E-state index contributed by atoms with van der Waals surface area (Å²) in [5.41, 5.74) is 4.83. The van der Waals surface area contributed by atoms with Crippen LogP contribution in [0.3, 0.4) is 0 Å². The number of halogens is 1. The maximum atomic E-state index is 13.0. The quantitative estimate of drug-likeness (QED) is 0.716. The molecule has 0 bridgehead atoms. The van der Waals surface area contributed by atoms with E-state index in [-0.39, 0.29) is 11.7 Å². The van der Waals surface area contributed by atoms with E-state index in [1.165, 1.54) is 12.1 Å². The number of rotatable bonds is 4. The lowest BCUT2D eigenvalue weighted by molar-refractivity contribution is -0.129. The number of pyridine rings is 1. The summed E-state index contributed by atoms with van der Waals surface area (Å²) in [6, 6.07) is 14.2. The molecule has 1 heterocycles. The number of nitrogens with zero attached hydrogens (tertiary/aromatic N) is 2. The lowest BCUT2D eigenvalue weighted by atomic mass is 9.99. The first-order valence-electron chi connectivity index (χ1n) is 8.29. The van der Waals surface area contributed by atoms with Gasteiger partial charge in [-0.05, 0) is 48.7 Å². The zero-order valence-electron chi connectivity index (χ0n) is 14.7. The van der Waals surface area contributed by atoms with E-state index in [2.05, 4.69) is 4.98 Å². The minimum Gasteiger partial charge on any atom is -0.341 e. The van der Waals surface area contributed by atoms with Crippen molar-refractivity contribution in [2.45, 2.75) is 26.8 Å². The predicted molar refractivity (Wildman–Crippen MR) is 97.8 cm³/mol. The van der Waals surface area contributed by atoms with Crippen LogP contribution in [0.4, 0.5) is 4.39 Å². The summed E-state index contributed by atoms with van der Waals surface area (Å²) in [5.74, 6) is -0.251. The minimum absolute atomic E-state index is 0.0209. The predicted octanol–water partition coefficient (Wildman–Crippen LogP) is 4.19. The third kappa shape index (κ3) is 3.68. The number of hydrogen-bond donors (Lipinski definition) is 0. The summed E-state index contributed by atoms with van der Waals surface area (Å²) in [5, 5.41) is 1.08. The number of aryl methyl sites for hydroxylation is 2. The number of amides is 1. The Morgan fingerprint density at radius 2 is 1.76 bits per heavy atom. The summed E-state index contributed by atoms with van der Waals surface area (Å²) in [6.45, 7) is 4.44. The van der Waals surface area contributed by atoms with Crippen molar-refractivity contribution in [1.29, 1.82) is 0 Å². The second-order valence-electron chi connectivity index (χ2n) is 6.37. The van der Waals surface area contributed by atoms with Crippen LogP contribution < -0.4 is 0 Å². The molecule has 2 aromatic carbocycles. The molecule has 4 heteroatoms. The lowest BCUT2D eigenvalue weighted by Gasteiger charge is -2.19. The van der Waals surface area contributed by atoms with Gasteiger partial charge >= 0.3 is 0 Å². The fourth-order valence-electron chi connectivity index (χ4n) is 3.07. The molecule has 0 spiro atoms. The summed E-state index contributed by atoms with van der Waals surface area (Å²) in [6.07, 6.45) is 0.313. The Morgan fingerprint density at radius 3 is 2.48 bits per heavy atom. The Hall–Kier alpha value is -2.75. The zero-order valence-corrected chi connectivity index (χ0v) is 14.7. The second kappa shape index (κ2) is 7.01. The van der Waals surface area contributed by atoms with Crippen LogP contribution in [0.1, 0.15) is 22.4 Å². The number of carbonyl (C=O) groups excluding carboxylic acids is 1. The zero-order chi connectivity index (χ0) is 18.0. The standard InChI is InChI=1S/C21H21FN2O/c1-14-18-6-4-5-7-20(18)23-15(2)19(14)12-21(25)24(3)13-16-8-10-17(22)11-9-16/h4-11H,12-13H2,1-3H3. The smallest absolute Gasteiger partial charge is 0.227 e. The number of carbonyl (C=O) groups is 1. The number of likely N-dealkylation sites (N-methyl/N-ethyl adjacent to an activating group) is 1. The van der Waals surface area contributed by atoms with Crippen molar-refractivity contribution < 1.29 is 9.18 Å². The number of hydrogen-bond acceptors (Lipinski definition) is 2. The highest BCUT2D eigenvalue weighted by Crippen LogP contribution is 2.23. The summed E-state index contributed by atoms with van der Waals surface area (Å²) in [4.78, 5) is 18.9. The van der Waals surface area contributed by atoms with Gasteiger partial charge < -0.3 is 4.90 Å². The van der Waals surface area contributed by atoms with Crippen molar-refractivity contribution in [3.05, 3.63) is 76.7 Å². The third-order valence-electron chi connectivity index (χ3n) is 4.57. The van der Waals surface area contributed by atoms with E-state index in [0.717, 1.165) is 33.3 Å². The largest absolute Gasteiger partial charge is 0.341 e. The molecule has 0 radical (unpaired) electrons. The molecule has 0 aliphatic heterocycles. The van der Waals surface area contributed by atoms with Crippen LogP contribution in [-0.4, -0.2) is 22.8 Å². The third-order valence-corrected chi connectivity index (χ3v) is 4.57. The van der Waals surface area contributed by atoms with Crippen molar-refractivity contribution in [3.8, 4) is 0 Å². The molecule has 0 aliphatic carbocycles. The van der Waals surface area contributed by atoms with E-state index >= 15 is 0 Å². The van der Waals surface area contributed by atoms with Gasteiger partial charge in [-0.2, -0.15) is 0 Å². The van der Waals surface area contributed by atoms with Crippen LogP contribution in [0.2, 0.25) is 0 Å². The van der Waals surface area contributed by atoms with Gasteiger partial charge in [0.25, 0.3) is 0 Å². The summed E-state index contributed by atoms with van der Waals surface area (Å²) >= 11 is 0. The number of aromatic nitrogens is 1. The van der Waals surface area contributed by atoms with Crippen molar-refractivity contribution in [2.24, 2.45) is 0 Å². The molecule has 0 N–H and O–H groups in total. The van der Waals surface area contributed by atoms with E-state index in [0.29, 0.717) is 13.0 Å². The van der Waals surface area contributed by atoms with Crippen LogP contribution >= 0.6 is 0 Å². The molecule has 0 fully saturated rings. The average Bonchev–Trinajstić information content (AvgIpc) is 2.60. The summed E-state index contributed by atoms with van der Waals surface area (Å²) < 4.78 is 13.0. The molecule has 1 amide bonds. The molecule has 0 atom stereocenters. The van der Waals surface area contributed by atoms with E-state index in [9.17, 15) is 9.18 Å². The molecular weight excluding hydrogens is 315 g/mol. The fourth-order valence-corrected chi connectivity index (χ4v) is 3.07. The van der Waals surface area contributed by atoms with E-state index in [4.69, 9.17) is 0 Å². The highest BCUT2D eigenvalue weighted by Gasteiger charge is 2.16. The Balaban J connectivity index is 1.80. The van der Waals surface area contributed by atoms with Crippen molar-refractivity contribution in [3.63, 3.8) is 0 Å². The van der Waals surface area contributed by atoms with Crippen LogP contribution in [-0.2, 0) is 17.8 Å². The van der Waals surface area contributed by atoms with Gasteiger partial charge in [0, 0.05) is 24.7 Å². The number of benzene rings is 2. The maximum absolute atomic E-state index is 13.0. The van der Waals surface area contributed by atoms with Crippen LogP contribution in [0.25, 0.3) is 10.9 Å². The SMILES string of the molecule is Cc1nc2ccccc2c(C)c1CC(=O)N(C)Cc1ccc(F)cc1. The molecule has 25 heavy (non-hydrogen) atoms. The van der Waals surface area contributed by atoms with Crippen molar-refractivity contribution >= 4 is 16.8 Å². The lowest BCUT2D eigenvalue weighted by Crippen LogP contribution is -2.28. The number of para-hydroxylation sites is 1. The molecule has 1 aromatic heterocycles. The van der Waals surface area contributed by atoms with Gasteiger partial charge in [-0.1, -0.05) is 30.3 Å². The molecule has 128 valence electrons. The van der Waals surface area contributed by atoms with Gasteiger partial charge in [0.15, 0.2) is 0 Å². The number of fused-ring (bicyclic) bond motifs is 1. The van der Waals surface area contributed by atoms with Gasteiger partial charge in [0.1, 0.15) is 5.82 Å². The Bertz CT molecular complexity index is 919.